The summed E-state index contributed by atoms with van der Waals surface area (Å²) in [4.78, 5) is 26.0. The molecule has 0 fully saturated rings. The molecule has 1 N–H and O–H groups in total. The fourth-order valence-electron chi connectivity index (χ4n) is 2.75. The van der Waals surface area contributed by atoms with Gasteiger partial charge in [0.05, 0.1) is 11.1 Å². The molecular formula is C19H16N4O2S2. The monoisotopic (exact) mass is 396 g/mol. The van der Waals surface area contributed by atoms with Gasteiger partial charge in [-0.1, -0.05) is 52.9 Å². The molecule has 4 rings (SSSR count). The van der Waals surface area contributed by atoms with Gasteiger partial charge in [-0.25, -0.2) is 0 Å². The van der Waals surface area contributed by atoms with Crippen LogP contribution in [0.15, 0.2) is 52.9 Å². The number of rotatable bonds is 6. The van der Waals surface area contributed by atoms with Gasteiger partial charge >= 0.3 is 0 Å². The van der Waals surface area contributed by atoms with Gasteiger partial charge in [0.2, 0.25) is 5.13 Å². The number of benzene rings is 2. The lowest BCUT2D eigenvalue weighted by molar-refractivity contribution is 0.0664. The van der Waals surface area contributed by atoms with Crippen molar-refractivity contribution in [2.24, 2.45) is 0 Å². The third-order valence-corrected chi connectivity index (χ3v) is 6.08. The maximum atomic E-state index is 12.3. The molecule has 1 aromatic heterocycles. The van der Waals surface area contributed by atoms with E-state index in [4.69, 9.17) is 0 Å². The number of imide groups is 1. The molecule has 2 aromatic carbocycles. The van der Waals surface area contributed by atoms with Crippen LogP contribution in [0.1, 0.15) is 26.3 Å². The molecule has 8 heteroatoms. The highest BCUT2D eigenvalue weighted by molar-refractivity contribution is 8.01. The van der Waals surface area contributed by atoms with Crippen molar-refractivity contribution in [3.8, 4) is 0 Å². The van der Waals surface area contributed by atoms with E-state index in [0.717, 1.165) is 10.0 Å². The van der Waals surface area contributed by atoms with E-state index < -0.39 is 0 Å². The zero-order valence-electron chi connectivity index (χ0n) is 14.5. The summed E-state index contributed by atoms with van der Waals surface area (Å²) in [7, 11) is 0. The van der Waals surface area contributed by atoms with Crippen LogP contribution in [0.4, 0.5) is 10.8 Å². The number of carbonyl (C=O) groups excluding carboxylic acids is 2. The summed E-state index contributed by atoms with van der Waals surface area (Å²) < 4.78 is 0.793. The highest BCUT2D eigenvalue weighted by Crippen LogP contribution is 2.29. The van der Waals surface area contributed by atoms with E-state index in [9.17, 15) is 9.59 Å². The Morgan fingerprint density at radius 1 is 1.00 bits per heavy atom. The van der Waals surface area contributed by atoms with Crippen LogP contribution in [0, 0.1) is 6.92 Å². The number of anilines is 2. The first-order chi connectivity index (χ1) is 13.1. The van der Waals surface area contributed by atoms with E-state index in [2.05, 4.69) is 15.5 Å². The van der Waals surface area contributed by atoms with Gasteiger partial charge in [0.25, 0.3) is 11.8 Å². The third-order valence-electron chi connectivity index (χ3n) is 4.13. The van der Waals surface area contributed by atoms with Gasteiger partial charge in [-0.2, -0.15) is 0 Å². The molecular weight excluding hydrogens is 380 g/mol. The Bertz CT molecular complexity index is 966. The van der Waals surface area contributed by atoms with E-state index in [0.29, 0.717) is 28.6 Å². The van der Waals surface area contributed by atoms with Crippen LogP contribution in [-0.4, -0.2) is 39.2 Å². The first-order valence-electron chi connectivity index (χ1n) is 8.37. The lowest BCUT2D eigenvalue weighted by atomic mass is 10.1. The molecule has 1 aliphatic rings. The lowest BCUT2D eigenvalue weighted by Gasteiger charge is -2.12. The van der Waals surface area contributed by atoms with Crippen LogP contribution in [0.3, 0.4) is 0 Å². The Labute approximate surface area is 164 Å². The second-order valence-corrected chi connectivity index (χ2v) is 8.34. The number of hydrogen-bond donors (Lipinski definition) is 1. The second kappa shape index (κ2) is 7.50. The van der Waals surface area contributed by atoms with Gasteiger partial charge < -0.3 is 5.32 Å². The number of nitrogens with one attached hydrogen (secondary N) is 1. The van der Waals surface area contributed by atoms with Crippen LogP contribution in [-0.2, 0) is 0 Å². The van der Waals surface area contributed by atoms with Crippen molar-refractivity contribution in [2.75, 3.05) is 17.6 Å². The predicted molar refractivity (Wildman–Crippen MR) is 107 cm³/mol. The number of fused-ring (bicyclic) bond motifs is 1. The van der Waals surface area contributed by atoms with Gasteiger partial charge in [-0.05, 0) is 31.2 Å². The van der Waals surface area contributed by atoms with Gasteiger partial charge in [-0.15, -0.1) is 10.2 Å². The highest BCUT2D eigenvalue weighted by Gasteiger charge is 2.34. The van der Waals surface area contributed by atoms with Gasteiger partial charge in [-0.3, -0.25) is 14.5 Å². The van der Waals surface area contributed by atoms with E-state index in [1.807, 2.05) is 31.2 Å². The topological polar surface area (TPSA) is 75.2 Å². The van der Waals surface area contributed by atoms with Gasteiger partial charge in [0.15, 0.2) is 4.34 Å². The molecule has 2 amide bonds. The van der Waals surface area contributed by atoms with Crippen molar-refractivity contribution in [3.63, 3.8) is 0 Å². The molecule has 0 unspecified atom stereocenters. The highest BCUT2D eigenvalue weighted by atomic mass is 32.2. The summed E-state index contributed by atoms with van der Waals surface area (Å²) in [6.45, 7) is 2.38. The molecule has 27 heavy (non-hydrogen) atoms. The molecule has 0 bridgehead atoms. The molecule has 0 spiro atoms. The van der Waals surface area contributed by atoms with Crippen LogP contribution < -0.4 is 5.32 Å². The normalized spacial score (nSPS) is 13.1. The number of thioether (sulfide) groups is 1. The van der Waals surface area contributed by atoms with E-state index in [-0.39, 0.29) is 11.8 Å². The van der Waals surface area contributed by atoms with Crippen molar-refractivity contribution in [1.29, 1.82) is 0 Å². The molecule has 0 saturated carbocycles. The van der Waals surface area contributed by atoms with Crippen LogP contribution >= 0.6 is 23.1 Å². The SMILES string of the molecule is Cc1ccc(Nc2nnc(SCCN3C(=O)c4ccccc4C3=O)s2)cc1. The molecule has 2 heterocycles. The minimum Gasteiger partial charge on any atom is -0.330 e. The maximum Gasteiger partial charge on any atom is 0.261 e. The maximum absolute atomic E-state index is 12.3. The Morgan fingerprint density at radius 3 is 2.33 bits per heavy atom. The average Bonchev–Trinajstić information content (AvgIpc) is 3.22. The summed E-state index contributed by atoms with van der Waals surface area (Å²) >= 11 is 2.93. The molecule has 0 saturated heterocycles. The average molecular weight is 396 g/mol. The Balaban J connectivity index is 1.33. The molecule has 136 valence electrons. The largest absolute Gasteiger partial charge is 0.330 e. The van der Waals surface area contributed by atoms with Crippen molar-refractivity contribution in [3.05, 3.63) is 65.2 Å². The Morgan fingerprint density at radius 2 is 1.67 bits per heavy atom. The van der Waals surface area contributed by atoms with Crippen molar-refractivity contribution >= 4 is 45.7 Å². The number of amides is 2. The smallest absolute Gasteiger partial charge is 0.261 e. The van der Waals surface area contributed by atoms with Gasteiger partial charge in [0.1, 0.15) is 0 Å². The standard InChI is InChI=1S/C19H16N4O2S2/c1-12-6-8-13(9-7-12)20-18-21-22-19(27-18)26-11-10-23-16(24)14-4-2-3-5-15(14)17(23)25/h2-9H,10-11H2,1H3,(H,20,21). The molecule has 0 radical (unpaired) electrons. The summed E-state index contributed by atoms with van der Waals surface area (Å²) in [5, 5.41) is 12.2. The fraction of sp³-hybridized carbons (Fsp3) is 0.158. The summed E-state index contributed by atoms with van der Waals surface area (Å²) in [6, 6.07) is 15.0. The Hall–Kier alpha value is -2.71. The number of nitrogens with zero attached hydrogens (tertiary/aromatic N) is 3. The second-order valence-electron chi connectivity index (χ2n) is 6.02. The first-order valence-corrected chi connectivity index (χ1v) is 10.2. The minimum absolute atomic E-state index is 0.227. The van der Waals surface area contributed by atoms with E-state index in [1.54, 1.807) is 24.3 Å². The molecule has 0 atom stereocenters. The summed E-state index contributed by atoms with van der Waals surface area (Å²) in [6.07, 6.45) is 0. The molecule has 0 aliphatic carbocycles. The summed E-state index contributed by atoms with van der Waals surface area (Å²) in [5.74, 6) is 0.121. The lowest BCUT2D eigenvalue weighted by Crippen LogP contribution is -2.31. The number of aryl methyl sites for hydroxylation is 1. The van der Waals surface area contributed by atoms with E-state index >= 15 is 0 Å². The quantitative estimate of drug-likeness (QED) is 0.502. The Kier molecular flexibility index (Phi) is 4.91. The summed E-state index contributed by atoms with van der Waals surface area (Å²) in [5.41, 5.74) is 3.11. The van der Waals surface area contributed by atoms with Crippen molar-refractivity contribution < 1.29 is 9.59 Å². The van der Waals surface area contributed by atoms with Gasteiger partial charge in [0, 0.05) is 18.0 Å². The van der Waals surface area contributed by atoms with Crippen LogP contribution in [0.5, 0.6) is 0 Å². The first kappa shape index (κ1) is 17.7. The fourth-order valence-corrected chi connectivity index (χ4v) is 4.51. The third kappa shape index (κ3) is 3.72. The number of hydrogen-bond acceptors (Lipinski definition) is 7. The predicted octanol–water partition coefficient (Wildman–Crippen LogP) is 3.98. The number of aromatic nitrogens is 2. The molecule has 6 nitrogen and oxygen atoms in total. The zero-order chi connectivity index (χ0) is 18.8. The van der Waals surface area contributed by atoms with Crippen LogP contribution in [0.25, 0.3) is 0 Å². The zero-order valence-corrected chi connectivity index (χ0v) is 16.1. The van der Waals surface area contributed by atoms with Crippen molar-refractivity contribution in [1.82, 2.24) is 15.1 Å². The minimum atomic E-state index is -0.227. The van der Waals surface area contributed by atoms with Crippen LogP contribution in [0.2, 0.25) is 0 Å². The van der Waals surface area contributed by atoms with E-state index in [1.165, 1.54) is 33.6 Å². The molecule has 3 aromatic rings. The molecule has 1 aliphatic heterocycles. The number of carbonyl (C=O) groups is 2. The van der Waals surface area contributed by atoms with Crippen molar-refractivity contribution in [2.45, 2.75) is 11.3 Å².